The number of benzene rings is 2. The largest absolute Gasteiger partial charge is 0.368 e. The van der Waals surface area contributed by atoms with Crippen LogP contribution in [0.1, 0.15) is 25.3 Å². The molecule has 1 aromatic heterocycles. The van der Waals surface area contributed by atoms with Crippen LogP contribution in [-0.4, -0.2) is 16.7 Å². The fraction of sp³-hybridized carbons (Fsp3) is 0.222. The Morgan fingerprint density at radius 1 is 1.14 bits per heavy atom. The van der Waals surface area contributed by atoms with E-state index in [1.165, 1.54) is 0 Å². The van der Waals surface area contributed by atoms with Crippen LogP contribution in [-0.2, 0) is 0 Å². The first-order chi connectivity index (χ1) is 10.8. The van der Waals surface area contributed by atoms with E-state index in [1.807, 2.05) is 24.3 Å². The van der Waals surface area contributed by atoms with Crippen molar-refractivity contribution in [3.05, 3.63) is 48.0 Å². The van der Waals surface area contributed by atoms with Crippen LogP contribution in [0.15, 0.2) is 42.5 Å². The second-order valence-corrected chi connectivity index (χ2v) is 5.30. The lowest BCUT2D eigenvalue weighted by atomic mass is 10.0. The average Bonchev–Trinajstić information content (AvgIpc) is 2.97. The molecule has 0 amide bonds. The van der Waals surface area contributed by atoms with Crippen LogP contribution in [0.3, 0.4) is 0 Å². The van der Waals surface area contributed by atoms with Crippen LogP contribution in [0.2, 0.25) is 0 Å². The Balaban J connectivity index is 1.88. The van der Waals surface area contributed by atoms with Gasteiger partial charge in [-0.3, -0.25) is 5.10 Å². The number of hydrogen-bond acceptors (Lipinski definition) is 3. The molecule has 0 saturated heterocycles. The predicted octanol–water partition coefficient (Wildman–Crippen LogP) is 4.31. The highest BCUT2D eigenvalue weighted by Gasteiger charge is 2.06. The average molecular weight is 290 g/mol. The monoisotopic (exact) mass is 290 g/mol. The van der Waals surface area contributed by atoms with E-state index in [4.69, 9.17) is 5.26 Å². The summed E-state index contributed by atoms with van der Waals surface area (Å²) in [5.74, 6) is 0.912. The van der Waals surface area contributed by atoms with Crippen molar-refractivity contribution in [2.75, 3.05) is 11.9 Å². The van der Waals surface area contributed by atoms with Gasteiger partial charge in [-0.1, -0.05) is 31.5 Å². The van der Waals surface area contributed by atoms with Crippen molar-refractivity contribution in [2.24, 2.45) is 0 Å². The number of nitrogens with one attached hydrogen (secondary N) is 2. The number of aromatic nitrogens is 2. The summed E-state index contributed by atoms with van der Waals surface area (Å²) < 4.78 is 0. The molecule has 0 spiro atoms. The lowest BCUT2D eigenvalue weighted by Crippen LogP contribution is -2.01. The standard InChI is InChI=1S/C18H18N4/c1-2-3-10-20-18-16-9-8-15(11-17(16)21-22-18)14-6-4-13(12-19)5-7-14/h4-9,11H,2-3,10H2,1H3,(H2,20,21,22). The third kappa shape index (κ3) is 2.79. The summed E-state index contributed by atoms with van der Waals surface area (Å²) in [6.45, 7) is 3.11. The summed E-state index contributed by atoms with van der Waals surface area (Å²) in [7, 11) is 0. The molecule has 0 saturated carbocycles. The lowest BCUT2D eigenvalue weighted by molar-refractivity contribution is 0.830. The third-order valence-electron chi connectivity index (χ3n) is 3.73. The highest BCUT2D eigenvalue weighted by molar-refractivity contribution is 5.92. The van der Waals surface area contributed by atoms with E-state index in [9.17, 15) is 0 Å². The van der Waals surface area contributed by atoms with Crippen LogP contribution in [0.25, 0.3) is 22.0 Å². The number of H-pyrrole nitrogens is 1. The lowest BCUT2D eigenvalue weighted by Gasteiger charge is -2.04. The van der Waals surface area contributed by atoms with Crippen molar-refractivity contribution < 1.29 is 0 Å². The summed E-state index contributed by atoms with van der Waals surface area (Å²) in [6, 6.07) is 16.0. The molecule has 2 aromatic carbocycles. The number of aromatic amines is 1. The molecule has 4 nitrogen and oxygen atoms in total. The van der Waals surface area contributed by atoms with Gasteiger partial charge in [0.1, 0.15) is 0 Å². The first kappa shape index (κ1) is 14.2. The van der Waals surface area contributed by atoms with Gasteiger partial charge in [0.2, 0.25) is 0 Å². The molecule has 3 aromatic rings. The van der Waals surface area contributed by atoms with Crippen LogP contribution in [0.4, 0.5) is 5.82 Å². The van der Waals surface area contributed by atoms with Gasteiger partial charge in [0.15, 0.2) is 5.82 Å². The SMILES string of the molecule is CCCCNc1n[nH]c2cc(-c3ccc(C#N)cc3)ccc12. The molecule has 110 valence electrons. The number of unbranched alkanes of at least 4 members (excludes halogenated alkanes) is 1. The molecule has 0 fully saturated rings. The van der Waals surface area contributed by atoms with E-state index in [1.54, 1.807) is 0 Å². The number of nitrogens with zero attached hydrogens (tertiary/aromatic N) is 2. The Bertz CT molecular complexity index is 809. The zero-order valence-corrected chi connectivity index (χ0v) is 12.6. The van der Waals surface area contributed by atoms with Crippen LogP contribution < -0.4 is 5.32 Å². The minimum absolute atomic E-state index is 0.675. The summed E-state index contributed by atoms with van der Waals surface area (Å²) in [5, 5.41) is 20.8. The summed E-state index contributed by atoms with van der Waals surface area (Å²) in [5.41, 5.74) is 3.89. The molecule has 4 heteroatoms. The summed E-state index contributed by atoms with van der Waals surface area (Å²) in [6.07, 6.45) is 2.30. The molecule has 0 unspecified atom stereocenters. The van der Waals surface area contributed by atoms with E-state index in [0.29, 0.717) is 5.56 Å². The number of anilines is 1. The van der Waals surface area contributed by atoms with Gasteiger partial charge in [-0.15, -0.1) is 0 Å². The summed E-state index contributed by atoms with van der Waals surface area (Å²) >= 11 is 0. The van der Waals surface area contributed by atoms with Crippen LogP contribution in [0, 0.1) is 11.3 Å². The van der Waals surface area contributed by atoms with Gasteiger partial charge in [-0.05, 0) is 41.8 Å². The molecule has 0 bridgehead atoms. The van der Waals surface area contributed by atoms with Crippen molar-refractivity contribution in [3.8, 4) is 17.2 Å². The fourth-order valence-electron chi connectivity index (χ4n) is 2.45. The van der Waals surface area contributed by atoms with Gasteiger partial charge in [0.05, 0.1) is 17.1 Å². The van der Waals surface area contributed by atoms with Crippen molar-refractivity contribution in [1.29, 1.82) is 5.26 Å². The Labute approximate surface area is 129 Å². The van der Waals surface area contributed by atoms with Crippen LogP contribution >= 0.6 is 0 Å². The molecule has 0 aliphatic heterocycles. The number of fused-ring (bicyclic) bond motifs is 1. The minimum Gasteiger partial charge on any atom is -0.368 e. The number of hydrogen-bond donors (Lipinski definition) is 2. The van der Waals surface area contributed by atoms with Crippen molar-refractivity contribution >= 4 is 16.7 Å². The van der Waals surface area contributed by atoms with Gasteiger partial charge in [-0.25, -0.2) is 0 Å². The second kappa shape index (κ2) is 6.31. The van der Waals surface area contributed by atoms with Gasteiger partial charge in [0.25, 0.3) is 0 Å². The maximum absolute atomic E-state index is 8.86. The molecule has 3 rings (SSSR count). The Kier molecular flexibility index (Phi) is 4.06. The van der Waals surface area contributed by atoms with E-state index in [-0.39, 0.29) is 0 Å². The fourth-order valence-corrected chi connectivity index (χ4v) is 2.45. The summed E-state index contributed by atoms with van der Waals surface area (Å²) in [4.78, 5) is 0. The van der Waals surface area contributed by atoms with Gasteiger partial charge >= 0.3 is 0 Å². The zero-order chi connectivity index (χ0) is 15.4. The number of rotatable bonds is 5. The normalized spacial score (nSPS) is 10.5. The van der Waals surface area contributed by atoms with Gasteiger partial charge in [-0.2, -0.15) is 10.4 Å². The molecule has 0 atom stereocenters. The van der Waals surface area contributed by atoms with Crippen molar-refractivity contribution in [1.82, 2.24) is 10.2 Å². The first-order valence-electron chi connectivity index (χ1n) is 7.54. The Morgan fingerprint density at radius 3 is 2.64 bits per heavy atom. The predicted molar refractivity (Wildman–Crippen MR) is 89.6 cm³/mol. The minimum atomic E-state index is 0.675. The quantitative estimate of drug-likeness (QED) is 0.688. The molecule has 22 heavy (non-hydrogen) atoms. The highest BCUT2D eigenvalue weighted by Crippen LogP contribution is 2.27. The van der Waals surface area contributed by atoms with Crippen LogP contribution in [0.5, 0.6) is 0 Å². The van der Waals surface area contributed by atoms with Crippen molar-refractivity contribution in [3.63, 3.8) is 0 Å². The Morgan fingerprint density at radius 2 is 1.91 bits per heavy atom. The third-order valence-corrected chi connectivity index (χ3v) is 3.73. The molecule has 0 aliphatic carbocycles. The second-order valence-electron chi connectivity index (χ2n) is 5.30. The van der Waals surface area contributed by atoms with E-state index >= 15 is 0 Å². The van der Waals surface area contributed by atoms with Gasteiger partial charge < -0.3 is 5.32 Å². The van der Waals surface area contributed by atoms with Crippen molar-refractivity contribution in [2.45, 2.75) is 19.8 Å². The van der Waals surface area contributed by atoms with E-state index < -0.39 is 0 Å². The maximum atomic E-state index is 8.86. The molecule has 0 radical (unpaired) electrons. The molecule has 0 aliphatic rings. The maximum Gasteiger partial charge on any atom is 0.155 e. The highest BCUT2D eigenvalue weighted by atomic mass is 15.2. The van der Waals surface area contributed by atoms with Gasteiger partial charge in [0, 0.05) is 11.9 Å². The molecule has 1 heterocycles. The van der Waals surface area contributed by atoms with E-state index in [2.05, 4.69) is 46.7 Å². The first-order valence-corrected chi connectivity index (χ1v) is 7.54. The Hall–Kier alpha value is -2.80. The molecule has 2 N–H and O–H groups in total. The zero-order valence-electron chi connectivity index (χ0n) is 12.6. The number of nitriles is 1. The molecular weight excluding hydrogens is 272 g/mol. The van der Waals surface area contributed by atoms with E-state index in [0.717, 1.165) is 47.2 Å². The molecular formula is C18H18N4. The smallest absolute Gasteiger partial charge is 0.155 e. The topological polar surface area (TPSA) is 64.5 Å².